The molecule has 0 saturated heterocycles. The minimum absolute atomic E-state index is 0.341. The molecule has 1 unspecified atom stereocenters. The summed E-state index contributed by atoms with van der Waals surface area (Å²) in [5.41, 5.74) is 0.959. The van der Waals surface area contributed by atoms with Gasteiger partial charge in [-0.05, 0) is 25.2 Å². The second kappa shape index (κ2) is 6.48. The van der Waals surface area contributed by atoms with E-state index in [1.807, 2.05) is 0 Å². The van der Waals surface area contributed by atoms with Crippen LogP contribution in [0.15, 0.2) is 0 Å². The summed E-state index contributed by atoms with van der Waals surface area (Å²) in [7, 11) is 1.72. The molecule has 1 aliphatic rings. The highest BCUT2D eigenvalue weighted by atomic mass is 32.1. The van der Waals surface area contributed by atoms with Crippen LogP contribution in [0.1, 0.15) is 54.4 Å². The minimum Gasteiger partial charge on any atom is -0.383 e. The molecule has 0 spiro atoms. The summed E-state index contributed by atoms with van der Waals surface area (Å²) in [5, 5.41) is 0.983. The molecule has 1 aromatic rings. The first-order chi connectivity index (χ1) is 9.21. The number of aldehydes is 1. The fourth-order valence-corrected chi connectivity index (χ4v) is 3.19. The molecule has 1 fully saturated rings. The number of hydrogen-bond acceptors (Lipinski definition) is 5. The maximum absolute atomic E-state index is 11.2. The van der Waals surface area contributed by atoms with Crippen molar-refractivity contribution < 1.29 is 9.53 Å². The Kier molecular flexibility index (Phi) is 4.93. The number of hydrogen-bond donors (Lipinski definition) is 0. The first-order valence-corrected chi connectivity index (χ1v) is 7.74. The van der Waals surface area contributed by atoms with Gasteiger partial charge in [-0.2, -0.15) is 0 Å². The van der Waals surface area contributed by atoms with Gasteiger partial charge in [0.05, 0.1) is 17.2 Å². The smallest absolute Gasteiger partial charge is 0.186 e. The van der Waals surface area contributed by atoms with E-state index in [4.69, 9.17) is 9.72 Å². The number of thiazole rings is 1. The van der Waals surface area contributed by atoms with Crippen LogP contribution in [0.5, 0.6) is 0 Å². The SMILES string of the molecule is CCC(C)c1nc(N(CCOC)C2CC2)sc1C=O. The average molecular weight is 282 g/mol. The molecule has 1 saturated carbocycles. The van der Waals surface area contributed by atoms with E-state index in [0.29, 0.717) is 18.6 Å². The lowest BCUT2D eigenvalue weighted by atomic mass is 10.0. The van der Waals surface area contributed by atoms with E-state index in [0.717, 1.165) is 35.0 Å². The van der Waals surface area contributed by atoms with Gasteiger partial charge in [0.25, 0.3) is 0 Å². The summed E-state index contributed by atoms with van der Waals surface area (Å²) in [4.78, 5) is 19.0. The van der Waals surface area contributed by atoms with Crippen LogP contribution in [-0.2, 0) is 4.74 Å². The lowest BCUT2D eigenvalue weighted by Crippen LogP contribution is -2.29. The third-order valence-corrected chi connectivity index (χ3v) is 4.66. The minimum atomic E-state index is 0.341. The molecule has 19 heavy (non-hydrogen) atoms. The van der Waals surface area contributed by atoms with Gasteiger partial charge in [0.2, 0.25) is 0 Å². The van der Waals surface area contributed by atoms with Crippen LogP contribution in [-0.4, -0.2) is 37.6 Å². The van der Waals surface area contributed by atoms with Crippen LogP contribution in [0.2, 0.25) is 0 Å². The zero-order chi connectivity index (χ0) is 13.8. The molecule has 0 amide bonds. The van der Waals surface area contributed by atoms with Gasteiger partial charge in [0.15, 0.2) is 11.4 Å². The lowest BCUT2D eigenvalue weighted by Gasteiger charge is -2.20. The molecule has 0 bridgehead atoms. The van der Waals surface area contributed by atoms with Crippen molar-refractivity contribution in [1.82, 2.24) is 4.98 Å². The number of anilines is 1. The lowest BCUT2D eigenvalue weighted by molar-refractivity contribution is 0.112. The number of methoxy groups -OCH3 is 1. The molecule has 1 atom stereocenters. The summed E-state index contributed by atoms with van der Waals surface area (Å²) in [5.74, 6) is 0.341. The van der Waals surface area contributed by atoms with E-state index in [2.05, 4.69) is 18.7 Å². The topological polar surface area (TPSA) is 42.4 Å². The first-order valence-electron chi connectivity index (χ1n) is 6.92. The fraction of sp³-hybridized carbons (Fsp3) is 0.714. The number of nitrogens with zero attached hydrogens (tertiary/aromatic N) is 2. The maximum atomic E-state index is 11.2. The first kappa shape index (κ1) is 14.5. The standard InChI is InChI=1S/C14H22N2O2S/c1-4-10(2)13-12(9-17)19-14(15-13)16(7-8-18-3)11-5-6-11/h9-11H,4-8H2,1-3H3. The van der Waals surface area contributed by atoms with E-state index in [1.54, 1.807) is 7.11 Å². The number of carbonyl (C=O) groups is 1. The molecular formula is C14H22N2O2S. The van der Waals surface area contributed by atoms with Crippen molar-refractivity contribution in [2.75, 3.05) is 25.2 Å². The van der Waals surface area contributed by atoms with Crippen molar-refractivity contribution in [3.63, 3.8) is 0 Å². The molecule has 2 rings (SSSR count). The van der Waals surface area contributed by atoms with Crippen molar-refractivity contribution in [2.45, 2.75) is 45.1 Å². The zero-order valence-corrected chi connectivity index (χ0v) is 12.7. The van der Waals surface area contributed by atoms with Gasteiger partial charge in [-0.3, -0.25) is 4.79 Å². The molecule has 0 radical (unpaired) electrons. The highest BCUT2D eigenvalue weighted by Crippen LogP contribution is 2.36. The van der Waals surface area contributed by atoms with Crippen LogP contribution in [0.25, 0.3) is 0 Å². The van der Waals surface area contributed by atoms with Crippen molar-refractivity contribution >= 4 is 22.8 Å². The van der Waals surface area contributed by atoms with Gasteiger partial charge in [-0.25, -0.2) is 4.98 Å². The van der Waals surface area contributed by atoms with Gasteiger partial charge in [-0.1, -0.05) is 25.2 Å². The van der Waals surface area contributed by atoms with E-state index in [1.165, 1.54) is 24.2 Å². The summed E-state index contributed by atoms with van der Waals surface area (Å²) in [6, 6.07) is 0.589. The predicted molar refractivity (Wildman–Crippen MR) is 78.5 cm³/mol. The Balaban J connectivity index is 2.22. The van der Waals surface area contributed by atoms with Crippen LogP contribution in [0, 0.1) is 0 Å². The molecule has 1 aromatic heterocycles. The molecule has 1 aliphatic carbocycles. The van der Waals surface area contributed by atoms with Crippen LogP contribution in [0.3, 0.4) is 0 Å². The van der Waals surface area contributed by atoms with Crippen LogP contribution >= 0.6 is 11.3 Å². The Morgan fingerprint density at radius 2 is 2.32 bits per heavy atom. The van der Waals surface area contributed by atoms with Crippen molar-refractivity contribution in [3.05, 3.63) is 10.6 Å². The second-order valence-corrected chi connectivity index (χ2v) is 6.10. The van der Waals surface area contributed by atoms with Gasteiger partial charge in [0.1, 0.15) is 0 Å². The molecule has 0 N–H and O–H groups in total. The average Bonchev–Trinajstić information content (AvgIpc) is 3.17. The van der Waals surface area contributed by atoms with Gasteiger partial charge >= 0.3 is 0 Å². The summed E-state index contributed by atoms with van der Waals surface area (Å²) in [6.07, 6.45) is 4.40. The Bertz CT molecular complexity index is 429. The van der Waals surface area contributed by atoms with Crippen LogP contribution in [0.4, 0.5) is 5.13 Å². The Hall–Kier alpha value is -0.940. The van der Waals surface area contributed by atoms with Gasteiger partial charge in [-0.15, -0.1) is 0 Å². The second-order valence-electron chi connectivity index (χ2n) is 5.09. The molecule has 5 heteroatoms. The number of rotatable bonds is 8. The zero-order valence-electron chi connectivity index (χ0n) is 11.9. The third-order valence-electron chi connectivity index (χ3n) is 3.63. The van der Waals surface area contributed by atoms with E-state index in [9.17, 15) is 4.79 Å². The summed E-state index contributed by atoms with van der Waals surface area (Å²) >= 11 is 1.52. The van der Waals surface area contributed by atoms with Crippen molar-refractivity contribution in [2.24, 2.45) is 0 Å². The molecule has 0 aromatic carbocycles. The Morgan fingerprint density at radius 3 is 2.84 bits per heavy atom. The molecule has 106 valence electrons. The Morgan fingerprint density at radius 1 is 1.58 bits per heavy atom. The van der Waals surface area contributed by atoms with E-state index >= 15 is 0 Å². The van der Waals surface area contributed by atoms with Crippen LogP contribution < -0.4 is 4.90 Å². The summed E-state index contributed by atoms with van der Waals surface area (Å²) in [6.45, 7) is 5.81. The molecule has 4 nitrogen and oxygen atoms in total. The normalized spacial score (nSPS) is 16.4. The van der Waals surface area contributed by atoms with Crippen molar-refractivity contribution in [3.8, 4) is 0 Å². The highest BCUT2D eigenvalue weighted by molar-refractivity contribution is 7.17. The summed E-state index contributed by atoms with van der Waals surface area (Å²) < 4.78 is 5.17. The third kappa shape index (κ3) is 3.34. The number of aromatic nitrogens is 1. The largest absolute Gasteiger partial charge is 0.383 e. The molecule has 0 aliphatic heterocycles. The number of carbonyl (C=O) groups excluding carboxylic acids is 1. The van der Waals surface area contributed by atoms with Crippen molar-refractivity contribution in [1.29, 1.82) is 0 Å². The fourth-order valence-electron chi connectivity index (χ4n) is 2.10. The predicted octanol–water partition coefficient (Wildman–Crippen LogP) is 3.08. The molecular weight excluding hydrogens is 260 g/mol. The van der Waals surface area contributed by atoms with Gasteiger partial charge < -0.3 is 9.64 Å². The molecule has 1 heterocycles. The van der Waals surface area contributed by atoms with E-state index in [-0.39, 0.29) is 0 Å². The quantitative estimate of drug-likeness (QED) is 0.687. The van der Waals surface area contributed by atoms with E-state index < -0.39 is 0 Å². The monoisotopic (exact) mass is 282 g/mol. The maximum Gasteiger partial charge on any atom is 0.186 e. The highest BCUT2D eigenvalue weighted by Gasteiger charge is 2.31. The van der Waals surface area contributed by atoms with Gasteiger partial charge in [0, 0.05) is 19.7 Å². The Labute approximate surface area is 118 Å². The number of ether oxygens (including phenoxy) is 1.